The molecule has 0 bridgehead atoms. The van der Waals surface area contributed by atoms with E-state index in [9.17, 15) is 0 Å². The summed E-state index contributed by atoms with van der Waals surface area (Å²) in [5.74, 6) is 0. The molecule has 3 heteroatoms. The number of benzene rings is 1. The van der Waals surface area contributed by atoms with E-state index in [4.69, 9.17) is 0 Å². The van der Waals surface area contributed by atoms with E-state index in [1.54, 1.807) is 0 Å². The average molecular weight is 215 g/mol. The summed E-state index contributed by atoms with van der Waals surface area (Å²) in [4.78, 5) is 0. The Morgan fingerprint density at radius 1 is 1.10 bits per heavy atom. The fraction of sp³-hybridized carbons (Fsp3) is 0. The van der Waals surface area contributed by atoms with Gasteiger partial charge in [-0.2, -0.15) is 24.6 Å². The van der Waals surface area contributed by atoms with Gasteiger partial charge in [-0.3, -0.25) is 0 Å². The molecule has 0 radical (unpaired) electrons. The molecule has 58 valence electrons. The molecule has 0 atom stereocenters. The van der Waals surface area contributed by atoms with Crippen LogP contribution in [-0.4, -0.2) is 0 Å². The van der Waals surface area contributed by atoms with Gasteiger partial charge >= 0.3 is 16.5 Å². The molecule has 1 rings (SSSR count). The number of hydrogen-bond acceptors (Lipinski definition) is 2. The summed E-state index contributed by atoms with van der Waals surface area (Å²) < 4.78 is 0. The molecule has 0 heterocycles. The summed E-state index contributed by atoms with van der Waals surface area (Å²) in [5.41, 5.74) is 1.07. The van der Waals surface area contributed by atoms with Crippen LogP contribution in [0.5, 0.6) is 0 Å². The van der Waals surface area contributed by atoms with Crippen LogP contribution in [0.25, 0.3) is 0 Å². The van der Waals surface area contributed by atoms with E-state index in [-0.39, 0.29) is 16.5 Å². The monoisotopic (exact) mass is 214 g/mol. The SMILES string of the molecule is [CH2-]c1ccccc1.[Ni+2].[S-]S. The normalized spacial score (nSPS) is 6.60. The van der Waals surface area contributed by atoms with Crippen LogP contribution in [0.2, 0.25) is 0 Å². The van der Waals surface area contributed by atoms with Gasteiger partial charge in [0.25, 0.3) is 0 Å². The topological polar surface area (TPSA) is 0 Å². The van der Waals surface area contributed by atoms with Gasteiger partial charge < -0.3 is 23.3 Å². The molecule has 0 saturated heterocycles. The first-order chi connectivity index (χ1) is 4.39. The number of thiol groups is 1. The Balaban J connectivity index is 0. The molecule has 1 aromatic rings. The summed E-state index contributed by atoms with van der Waals surface area (Å²) in [6.07, 6.45) is 0. The van der Waals surface area contributed by atoms with Crippen molar-refractivity contribution in [2.75, 3.05) is 0 Å². The van der Waals surface area contributed by atoms with E-state index < -0.39 is 0 Å². The first-order valence-corrected chi connectivity index (χ1v) is 3.91. The largest absolute Gasteiger partial charge is 2.00 e. The summed E-state index contributed by atoms with van der Waals surface area (Å²) in [5, 5.41) is 0. The van der Waals surface area contributed by atoms with E-state index in [0.29, 0.717) is 0 Å². The molecule has 0 aliphatic heterocycles. The molecule has 0 amide bonds. The molecule has 0 nitrogen and oxygen atoms in total. The molecule has 10 heavy (non-hydrogen) atoms. The molecule has 0 spiro atoms. The molecule has 0 unspecified atom stereocenters. The number of hydrogen-bond donors (Lipinski definition) is 1. The van der Waals surface area contributed by atoms with Crippen molar-refractivity contribution in [3.63, 3.8) is 0 Å². The summed E-state index contributed by atoms with van der Waals surface area (Å²) >= 11 is 6.89. The standard InChI is InChI=1S/C7H7.Ni.H2S2/c1-7-5-3-2-4-6-7;;1-2/h2-6H,1H2;;1-2H/q-1;+2;/p-1. The Labute approximate surface area is 82.6 Å². The van der Waals surface area contributed by atoms with E-state index in [2.05, 4.69) is 30.2 Å². The van der Waals surface area contributed by atoms with E-state index in [1.165, 1.54) is 0 Å². The third-order valence-electron chi connectivity index (χ3n) is 0.843. The van der Waals surface area contributed by atoms with Crippen LogP contribution in [0, 0.1) is 6.92 Å². The van der Waals surface area contributed by atoms with Crippen molar-refractivity contribution in [3.8, 4) is 0 Å². The zero-order chi connectivity index (χ0) is 7.11. The van der Waals surface area contributed by atoms with E-state index in [0.717, 1.165) is 5.56 Å². The first kappa shape index (κ1) is 12.9. The van der Waals surface area contributed by atoms with Crippen molar-refractivity contribution in [2.45, 2.75) is 0 Å². The second-order valence-corrected chi connectivity index (χ2v) is 1.49. The first-order valence-electron chi connectivity index (χ1n) is 2.45. The zero-order valence-corrected chi connectivity index (χ0v) is 7.96. The minimum absolute atomic E-state index is 0. The van der Waals surface area contributed by atoms with Crippen LogP contribution in [0.3, 0.4) is 0 Å². The molecular weight excluding hydrogens is 207 g/mol. The summed E-state index contributed by atoms with van der Waals surface area (Å²) in [6.45, 7) is 3.72. The summed E-state index contributed by atoms with van der Waals surface area (Å²) in [7, 11) is 0. The maximum absolute atomic E-state index is 3.78. The Morgan fingerprint density at radius 3 is 1.70 bits per heavy atom. The van der Waals surface area contributed by atoms with Crippen molar-refractivity contribution in [1.82, 2.24) is 0 Å². The van der Waals surface area contributed by atoms with Crippen LogP contribution in [0.1, 0.15) is 5.56 Å². The van der Waals surface area contributed by atoms with Crippen molar-refractivity contribution < 1.29 is 16.5 Å². The molecule has 0 saturated carbocycles. The molecule has 0 fully saturated rings. The van der Waals surface area contributed by atoms with Crippen LogP contribution >= 0.6 is 11.7 Å². The van der Waals surface area contributed by atoms with Crippen molar-refractivity contribution in [3.05, 3.63) is 42.8 Å². The fourth-order valence-corrected chi connectivity index (χ4v) is 0.478. The van der Waals surface area contributed by atoms with Gasteiger partial charge in [0.15, 0.2) is 0 Å². The third kappa shape index (κ3) is 6.40. The fourth-order valence-electron chi connectivity index (χ4n) is 0.478. The smallest absolute Gasteiger partial charge is 0.723 e. The molecule has 0 aromatic heterocycles. The Morgan fingerprint density at radius 2 is 1.50 bits per heavy atom. The van der Waals surface area contributed by atoms with Crippen LogP contribution in [0.15, 0.2) is 30.3 Å². The second-order valence-electron chi connectivity index (χ2n) is 1.49. The third-order valence-corrected chi connectivity index (χ3v) is 0.843. The van der Waals surface area contributed by atoms with Gasteiger partial charge in [0.05, 0.1) is 0 Å². The number of rotatable bonds is 0. The summed E-state index contributed by atoms with van der Waals surface area (Å²) in [6, 6.07) is 9.87. The van der Waals surface area contributed by atoms with Gasteiger partial charge in [-0.05, 0) is 0 Å². The van der Waals surface area contributed by atoms with Crippen LogP contribution < -0.4 is 0 Å². The maximum atomic E-state index is 3.78. The van der Waals surface area contributed by atoms with E-state index in [1.807, 2.05) is 30.3 Å². The molecule has 0 N–H and O–H groups in total. The predicted molar refractivity (Wildman–Crippen MR) is 47.3 cm³/mol. The van der Waals surface area contributed by atoms with Crippen LogP contribution in [0.4, 0.5) is 0 Å². The van der Waals surface area contributed by atoms with Crippen LogP contribution in [-0.2, 0) is 28.2 Å². The average Bonchev–Trinajstić information content (AvgIpc) is 1.94. The van der Waals surface area contributed by atoms with Gasteiger partial charge in [-0.15, -0.1) is 12.1 Å². The predicted octanol–water partition coefficient (Wildman–Crippen LogP) is 2.24. The Kier molecular flexibility index (Phi) is 12.0. The minimum Gasteiger partial charge on any atom is -0.723 e. The molecule has 0 aliphatic rings. The molecule has 1 aromatic carbocycles. The molecular formula is C7H8NiS2. The quantitative estimate of drug-likeness (QED) is 0.227. The van der Waals surface area contributed by atoms with E-state index >= 15 is 0 Å². The van der Waals surface area contributed by atoms with Gasteiger partial charge in [0.1, 0.15) is 0 Å². The Hall–Kier alpha value is 0.284. The van der Waals surface area contributed by atoms with Gasteiger partial charge in [-0.25, -0.2) is 0 Å². The second kappa shape index (κ2) is 9.28. The van der Waals surface area contributed by atoms with Crippen molar-refractivity contribution >= 4 is 23.3 Å². The van der Waals surface area contributed by atoms with Gasteiger partial charge in [0.2, 0.25) is 0 Å². The maximum Gasteiger partial charge on any atom is 2.00 e. The van der Waals surface area contributed by atoms with Gasteiger partial charge in [-0.1, -0.05) is 6.07 Å². The van der Waals surface area contributed by atoms with Crippen molar-refractivity contribution in [2.24, 2.45) is 0 Å². The van der Waals surface area contributed by atoms with Gasteiger partial charge in [0, 0.05) is 0 Å². The molecule has 0 aliphatic carbocycles. The minimum atomic E-state index is 0. The zero-order valence-electron chi connectivity index (χ0n) is 5.27. The van der Waals surface area contributed by atoms with Crippen molar-refractivity contribution in [1.29, 1.82) is 0 Å². The Bertz CT molecular complexity index is 142.